The predicted octanol–water partition coefficient (Wildman–Crippen LogP) is 1.51. The molecule has 0 atom stereocenters. The summed E-state index contributed by atoms with van der Waals surface area (Å²) in [7, 11) is 3.63. The topological polar surface area (TPSA) is 52.2 Å². The van der Waals surface area contributed by atoms with E-state index >= 15 is 0 Å². The number of aromatic amines is 1. The smallest absolute Gasteiger partial charge is 0.190 e. The van der Waals surface area contributed by atoms with Gasteiger partial charge in [-0.25, -0.2) is 0 Å². The summed E-state index contributed by atoms with van der Waals surface area (Å²) in [5.41, 5.74) is 2.44. The molecule has 4 nitrogen and oxygen atoms in total. The van der Waals surface area contributed by atoms with Crippen molar-refractivity contribution in [1.29, 1.82) is 0 Å². The van der Waals surface area contributed by atoms with E-state index in [0.717, 1.165) is 18.9 Å². The lowest BCUT2D eigenvalue weighted by Crippen LogP contribution is -2.35. The van der Waals surface area contributed by atoms with E-state index < -0.39 is 0 Å². The maximum Gasteiger partial charge on any atom is 0.190 e. The van der Waals surface area contributed by atoms with Crippen molar-refractivity contribution in [3.63, 3.8) is 0 Å². The van der Waals surface area contributed by atoms with Gasteiger partial charge in [-0.1, -0.05) is 18.2 Å². The highest BCUT2D eigenvalue weighted by atomic mass is 15.1. The number of nitrogens with zero attached hydrogens (tertiary/aromatic N) is 1. The van der Waals surface area contributed by atoms with E-state index in [-0.39, 0.29) is 0 Å². The van der Waals surface area contributed by atoms with Gasteiger partial charge in [0.1, 0.15) is 0 Å². The Balaban J connectivity index is 1.95. The van der Waals surface area contributed by atoms with Crippen LogP contribution in [0.2, 0.25) is 0 Å². The van der Waals surface area contributed by atoms with Crippen LogP contribution in [0.5, 0.6) is 0 Å². The van der Waals surface area contributed by atoms with E-state index in [1.165, 1.54) is 16.6 Å². The van der Waals surface area contributed by atoms with Crippen molar-refractivity contribution < 1.29 is 0 Å². The van der Waals surface area contributed by atoms with E-state index in [4.69, 9.17) is 0 Å². The molecule has 0 radical (unpaired) electrons. The van der Waals surface area contributed by atoms with Crippen molar-refractivity contribution in [1.82, 2.24) is 15.6 Å². The van der Waals surface area contributed by atoms with Gasteiger partial charge in [0.2, 0.25) is 0 Å². The first-order valence-electron chi connectivity index (χ1n) is 5.78. The number of hydrogen-bond donors (Lipinski definition) is 3. The molecule has 2 rings (SSSR count). The normalized spacial score (nSPS) is 11.8. The Bertz CT molecular complexity index is 480. The first kappa shape index (κ1) is 11.5. The average Bonchev–Trinajstić information content (AvgIpc) is 2.77. The molecule has 1 heterocycles. The van der Waals surface area contributed by atoms with Crippen LogP contribution in [-0.2, 0) is 6.42 Å². The number of aromatic nitrogens is 1. The second-order valence-electron chi connectivity index (χ2n) is 3.88. The van der Waals surface area contributed by atoms with Crippen LogP contribution in [0.4, 0.5) is 0 Å². The second-order valence-corrected chi connectivity index (χ2v) is 3.88. The number of guanidine groups is 1. The fraction of sp³-hybridized carbons (Fsp3) is 0.308. The lowest BCUT2D eigenvalue weighted by atomic mass is 10.2. The van der Waals surface area contributed by atoms with Gasteiger partial charge in [-0.15, -0.1) is 0 Å². The monoisotopic (exact) mass is 230 g/mol. The van der Waals surface area contributed by atoms with Crippen LogP contribution in [0.15, 0.2) is 35.3 Å². The molecule has 0 bridgehead atoms. The van der Waals surface area contributed by atoms with Gasteiger partial charge >= 0.3 is 0 Å². The zero-order valence-corrected chi connectivity index (χ0v) is 10.2. The molecule has 4 heteroatoms. The molecule has 0 aliphatic carbocycles. The molecule has 0 unspecified atom stereocenters. The van der Waals surface area contributed by atoms with Crippen molar-refractivity contribution in [2.75, 3.05) is 20.6 Å². The number of para-hydroxylation sites is 1. The van der Waals surface area contributed by atoms with Crippen LogP contribution >= 0.6 is 0 Å². The number of fused-ring (bicyclic) bond motifs is 1. The van der Waals surface area contributed by atoms with Gasteiger partial charge in [0.25, 0.3) is 0 Å². The van der Waals surface area contributed by atoms with Crippen LogP contribution in [0, 0.1) is 0 Å². The molecule has 17 heavy (non-hydrogen) atoms. The van der Waals surface area contributed by atoms with Crippen LogP contribution in [-0.4, -0.2) is 31.6 Å². The quantitative estimate of drug-likeness (QED) is 0.553. The summed E-state index contributed by atoms with van der Waals surface area (Å²) in [5.74, 6) is 0.820. The largest absolute Gasteiger partial charge is 0.359 e. The molecule has 90 valence electrons. The van der Waals surface area contributed by atoms with Gasteiger partial charge in [-0.05, 0) is 17.5 Å². The fourth-order valence-corrected chi connectivity index (χ4v) is 1.86. The Hall–Kier alpha value is -1.97. The van der Waals surface area contributed by atoms with Gasteiger partial charge in [-0.2, -0.15) is 0 Å². The Morgan fingerprint density at radius 1 is 1.35 bits per heavy atom. The summed E-state index contributed by atoms with van der Waals surface area (Å²) >= 11 is 0. The zero-order chi connectivity index (χ0) is 12.1. The SMILES string of the molecule is CN=C(NC)NCCc1cc2ccccc2[nH]1. The summed E-state index contributed by atoms with van der Waals surface area (Å²) in [6, 6.07) is 10.5. The predicted molar refractivity (Wildman–Crippen MR) is 72.4 cm³/mol. The van der Waals surface area contributed by atoms with Crippen molar-refractivity contribution in [2.24, 2.45) is 4.99 Å². The summed E-state index contributed by atoms with van der Waals surface area (Å²) in [4.78, 5) is 7.47. The van der Waals surface area contributed by atoms with E-state index in [0.29, 0.717) is 0 Å². The van der Waals surface area contributed by atoms with E-state index in [2.05, 4.69) is 44.9 Å². The highest BCUT2D eigenvalue weighted by molar-refractivity contribution is 5.80. The van der Waals surface area contributed by atoms with E-state index in [1.807, 2.05) is 13.1 Å². The third-order valence-corrected chi connectivity index (χ3v) is 2.73. The zero-order valence-electron chi connectivity index (χ0n) is 10.2. The maximum absolute atomic E-state index is 4.06. The molecule has 3 N–H and O–H groups in total. The van der Waals surface area contributed by atoms with Gasteiger partial charge < -0.3 is 15.6 Å². The summed E-state index contributed by atoms with van der Waals surface area (Å²) in [5, 5.41) is 7.49. The van der Waals surface area contributed by atoms with E-state index in [1.54, 1.807) is 7.05 Å². The molecule has 0 saturated carbocycles. The van der Waals surface area contributed by atoms with E-state index in [9.17, 15) is 0 Å². The van der Waals surface area contributed by atoms with Crippen LogP contribution < -0.4 is 10.6 Å². The van der Waals surface area contributed by atoms with Gasteiger partial charge in [-0.3, -0.25) is 4.99 Å². The summed E-state index contributed by atoms with van der Waals surface area (Å²) in [6.45, 7) is 0.861. The number of aliphatic imine (C=N–C) groups is 1. The Morgan fingerprint density at radius 2 is 2.18 bits per heavy atom. The number of hydrogen-bond acceptors (Lipinski definition) is 1. The second kappa shape index (κ2) is 5.39. The molecule has 1 aromatic carbocycles. The maximum atomic E-state index is 4.06. The Kier molecular flexibility index (Phi) is 3.65. The van der Waals surface area contributed by atoms with Crippen molar-refractivity contribution >= 4 is 16.9 Å². The third kappa shape index (κ3) is 2.78. The molecule has 0 saturated heterocycles. The summed E-state index contributed by atoms with van der Waals surface area (Å²) < 4.78 is 0. The van der Waals surface area contributed by atoms with Crippen molar-refractivity contribution in [2.45, 2.75) is 6.42 Å². The molecule has 0 amide bonds. The number of benzene rings is 1. The molecule has 0 aliphatic rings. The van der Waals surface area contributed by atoms with Gasteiger partial charge in [0.05, 0.1) is 0 Å². The Morgan fingerprint density at radius 3 is 2.88 bits per heavy atom. The minimum absolute atomic E-state index is 0.820. The molecule has 0 aliphatic heterocycles. The van der Waals surface area contributed by atoms with Crippen molar-refractivity contribution in [3.8, 4) is 0 Å². The molecule has 1 aromatic heterocycles. The fourth-order valence-electron chi connectivity index (χ4n) is 1.86. The minimum atomic E-state index is 0.820. The first-order chi connectivity index (χ1) is 8.33. The lowest BCUT2D eigenvalue weighted by Gasteiger charge is -2.06. The van der Waals surface area contributed by atoms with Gasteiger partial charge in [0, 0.05) is 38.3 Å². The van der Waals surface area contributed by atoms with Crippen LogP contribution in [0.3, 0.4) is 0 Å². The molecular formula is C13H18N4. The number of nitrogens with one attached hydrogen (secondary N) is 3. The first-order valence-corrected chi connectivity index (χ1v) is 5.78. The van der Waals surface area contributed by atoms with Crippen LogP contribution in [0.1, 0.15) is 5.69 Å². The molecule has 2 aromatic rings. The highest BCUT2D eigenvalue weighted by Crippen LogP contribution is 2.14. The number of H-pyrrole nitrogens is 1. The minimum Gasteiger partial charge on any atom is -0.359 e. The highest BCUT2D eigenvalue weighted by Gasteiger charge is 2.00. The molecule has 0 fully saturated rings. The lowest BCUT2D eigenvalue weighted by molar-refractivity contribution is 0.822. The third-order valence-electron chi connectivity index (χ3n) is 2.73. The van der Waals surface area contributed by atoms with Crippen molar-refractivity contribution in [3.05, 3.63) is 36.0 Å². The summed E-state index contributed by atoms with van der Waals surface area (Å²) in [6.07, 6.45) is 0.954. The van der Waals surface area contributed by atoms with Crippen LogP contribution in [0.25, 0.3) is 10.9 Å². The molecular weight excluding hydrogens is 212 g/mol. The molecule has 0 spiro atoms. The standard InChI is InChI=1S/C13H18N4/c1-14-13(15-2)16-8-7-11-9-10-5-3-4-6-12(10)17-11/h3-6,9,17H,7-8H2,1-2H3,(H2,14,15,16). The average molecular weight is 230 g/mol. The Labute approximate surface area is 101 Å². The van der Waals surface area contributed by atoms with Gasteiger partial charge in [0.15, 0.2) is 5.96 Å². The number of rotatable bonds is 3.